The number of carbonyl (C=O) groups excluding carboxylic acids is 2. The SMILES string of the molecule is CNC(=O)C(Cc1ccccc1)(C(=O)NC)[C@@H]1O[C@H](CO)[C@@H](O)[C@H](N=O)[C@H]1O. The van der Waals surface area contributed by atoms with Crippen LogP contribution in [0, 0.1) is 10.3 Å². The van der Waals surface area contributed by atoms with Crippen molar-refractivity contribution >= 4 is 11.8 Å². The van der Waals surface area contributed by atoms with E-state index < -0.39 is 54.3 Å². The number of hydrogen-bond acceptors (Lipinski definition) is 8. The van der Waals surface area contributed by atoms with Crippen molar-refractivity contribution in [2.75, 3.05) is 20.7 Å². The molecule has 0 radical (unpaired) electrons. The molecule has 1 aromatic rings. The van der Waals surface area contributed by atoms with Crippen molar-refractivity contribution in [1.82, 2.24) is 10.6 Å². The predicted octanol–water partition coefficient (Wildman–Crippen LogP) is -1.68. The molecule has 10 nitrogen and oxygen atoms in total. The van der Waals surface area contributed by atoms with E-state index in [0.29, 0.717) is 5.56 Å². The second kappa shape index (κ2) is 9.20. The smallest absolute Gasteiger partial charge is 0.238 e. The van der Waals surface area contributed by atoms with Gasteiger partial charge in [-0.15, -0.1) is 0 Å². The minimum absolute atomic E-state index is 0.158. The maximum Gasteiger partial charge on any atom is 0.238 e. The molecule has 1 fully saturated rings. The zero-order chi connectivity index (χ0) is 20.9. The molecule has 0 aromatic heterocycles. The van der Waals surface area contributed by atoms with Gasteiger partial charge in [-0.2, -0.15) is 4.91 Å². The number of carbonyl (C=O) groups is 2. The zero-order valence-corrected chi connectivity index (χ0v) is 15.6. The van der Waals surface area contributed by atoms with Crippen LogP contribution in [0.4, 0.5) is 0 Å². The highest BCUT2D eigenvalue weighted by Gasteiger charge is 2.60. The zero-order valence-electron chi connectivity index (χ0n) is 15.6. The fraction of sp³-hybridized carbons (Fsp3) is 0.556. The molecule has 1 aromatic carbocycles. The Labute approximate surface area is 161 Å². The Morgan fingerprint density at radius 1 is 1.11 bits per heavy atom. The third-order valence-electron chi connectivity index (χ3n) is 5.09. The molecule has 154 valence electrons. The fourth-order valence-electron chi connectivity index (χ4n) is 3.62. The van der Waals surface area contributed by atoms with E-state index in [1.807, 2.05) is 0 Å². The lowest BCUT2D eigenvalue weighted by atomic mass is 9.70. The highest BCUT2D eigenvalue weighted by molar-refractivity contribution is 6.06. The first kappa shape index (κ1) is 21.9. The van der Waals surface area contributed by atoms with Crippen LogP contribution in [0.15, 0.2) is 35.5 Å². The number of benzene rings is 1. The maximum atomic E-state index is 13.0. The van der Waals surface area contributed by atoms with Crippen LogP contribution in [0.25, 0.3) is 0 Å². The first-order chi connectivity index (χ1) is 13.4. The summed E-state index contributed by atoms with van der Waals surface area (Å²) in [6.45, 7) is -0.695. The quantitative estimate of drug-likeness (QED) is 0.273. The predicted molar refractivity (Wildman–Crippen MR) is 98.1 cm³/mol. The largest absolute Gasteiger partial charge is 0.394 e. The molecule has 1 heterocycles. The summed E-state index contributed by atoms with van der Waals surface area (Å²) in [5, 5.41) is 37.9. The standard InChI is InChI=1S/C18H25N3O7/c1-19-16(25)18(17(26)20-2,8-10-6-4-3-5-7-10)15-14(24)12(21-27)13(23)11(9-22)28-15/h3-7,11-15,22-24H,8-9H2,1-2H3,(H,19,25)(H,20,26)/t11-,12+,13-,14-,15-/m1/s1. The van der Waals surface area contributed by atoms with Crippen molar-refractivity contribution in [3.05, 3.63) is 40.8 Å². The van der Waals surface area contributed by atoms with E-state index in [1.165, 1.54) is 14.1 Å². The Hall–Kier alpha value is -2.40. The summed E-state index contributed by atoms with van der Waals surface area (Å²) in [7, 11) is 2.65. The van der Waals surface area contributed by atoms with Crippen LogP contribution >= 0.6 is 0 Å². The van der Waals surface area contributed by atoms with Gasteiger partial charge in [-0.1, -0.05) is 35.5 Å². The molecule has 0 saturated carbocycles. The van der Waals surface area contributed by atoms with Crippen molar-refractivity contribution in [3.8, 4) is 0 Å². The van der Waals surface area contributed by atoms with Gasteiger partial charge in [-0.3, -0.25) is 9.59 Å². The van der Waals surface area contributed by atoms with E-state index in [1.54, 1.807) is 30.3 Å². The molecule has 1 saturated heterocycles. The Morgan fingerprint density at radius 3 is 2.14 bits per heavy atom. The molecule has 1 aliphatic heterocycles. The first-order valence-corrected chi connectivity index (χ1v) is 8.80. The molecule has 28 heavy (non-hydrogen) atoms. The fourth-order valence-corrected chi connectivity index (χ4v) is 3.62. The van der Waals surface area contributed by atoms with Gasteiger partial charge in [0.2, 0.25) is 11.8 Å². The number of aliphatic hydroxyl groups excluding tert-OH is 3. The van der Waals surface area contributed by atoms with Crippen molar-refractivity contribution in [1.29, 1.82) is 0 Å². The number of nitroso groups, excluding NO2 is 1. The molecule has 0 aliphatic carbocycles. The highest BCUT2D eigenvalue weighted by atomic mass is 16.5. The van der Waals surface area contributed by atoms with Gasteiger partial charge in [0.25, 0.3) is 0 Å². The average molecular weight is 395 g/mol. The second-order valence-corrected chi connectivity index (χ2v) is 6.65. The van der Waals surface area contributed by atoms with Gasteiger partial charge in [0, 0.05) is 14.1 Å². The van der Waals surface area contributed by atoms with E-state index in [-0.39, 0.29) is 6.42 Å². The summed E-state index contributed by atoms with van der Waals surface area (Å²) < 4.78 is 5.61. The Morgan fingerprint density at radius 2 is 1.68 bits per heavy atom. The summed E-state index contributed by atoms with van der Waals surface area (Å²) in [5.74, 6) is -1.50. The number of ether oxygens (including phenoxy) is 1. The lowest BCUT2D eigenvalue weighted by Gasteiger charge is -2.46. The van der Waals surface area contributed by atoms with E-state index in [0.717, 1.165) is 0 Å². The van der Waals surface area contributed by atoms with Crippen LogP contribution < -0.4 is 10.6 Å². The summed E-state index contributed by atoms with van der Waals surface area (Å²) in [6.07, 6.45) is -6.35. The van der Waals surface area contributed by atoms with Crippen LogP contribution in [0.1, 0.15) is 5.56 Å². The molecule has 0 unspecified atom stereocenters. The number of amides is 2. The third kappa shape index (κ3) is 3.76. The third-order valence-corrected chi connectivity index (χ3v) is 5.09. The minimum atomic E-state index is -1.99. The maximum absolute atomic E-state index is 13.0. The molecular formula is C18H25N3O7. The first-order valence-electron chi connectivity index (χ1n) is 8.80. The summed E-state index contributed by atoms with van der Waals surface area (Å²) in [6, 6.07) is 7.03. The Bertz CT molecular complexity index is 684. The summed E-state index contributed by atoms with van der Waals surface area (Å²) in [5.41, 5.74) is -1.38. The average Bonchev–Trinajstić information content (AvgIpc) is 2.72. The summed E-state index contributed by atoms with van der Waals surface area (Å²) in [4.78, 5) is 37.2. The monoisotopic (exact) mass is 395 g/mol. The summed E-state index contributed by atoms with van der Waals surface area (Å²) >= 11 is 0. The normalized spacial score (nSPS) is 27.7. The molecular weight excluding hydrogens is 370 g/mol. The molecule has 2 rings (SSSR count). The van der Waals surface area contributed by atoms with Gasteiger partial charge in [0.15, 0.2) is 5.41 Å². The van der Waals surface area contributed by atoms with Gasteiger partial charge in [-0.25, -0.2) is 0 Å². The van der Waals surface area contributed by atoms with Crippen molar-refractivity contribution < 1.29 is 29.6 Å². The molecule has 10 heteroatoms. The lowest BCUT2D eigenvalue weighted by molar-refractivity contribution is -0.221. The molecule has 5 atom stereocenters. The molecule has 1 aliphatic rings. The molecule has 2 amide bonds. The van der Waals surface area contributed by atoms with Crippen LogP contribution in [0.5, 0.6) is 0 Å². The number of hydrogen-bond donors (Lipinski definition) is 5. The van der Waals surface area contributed by atoms with Crippen LogP contribution in [0.3, 0.4) is 0 Å². The minimum Gasteiger partial charge on any atom is -0.394 e. The van der Waals surface area contributed by atoms with Gasteiger partial charge >= 0.3 is 0 Å². The van der Waals surface area contributed by atoms with E-state index >= 15 is 0 Å². The molecule has 5 N–H and O–H groups in total. The topological polar surface area (TPSA) is 158 Å². The number of rotatable bonds is 7. The Kier molecular flexibility index (Phi) is 7.19. The number of aliphatic hydroxyl groups is 3. The molecule has 0 bridgehead atoms. The second-order valence-electron chi connectivity index (χ2n) is 6.65. The highest BCUT2D eigenvalue weighted by Crippen LogP contribution is 2.38. The van der Waals surface area contributed by atoms with E-state index in [2.05, 4.69) is 15.8 Å². The number of nitrogens with one attached hydrogen (secondary N) is 2. The number of nitrogens with zero attached hydrogens (tertiary/aromatic N) is 1. The van der Waals surface area contributed by atoms with Crippen molar-refractivity contribution in [2.24, 2.45) is 10.6 Å². The molecule has 0 spiro atoms. The van der Waals surface area contributed by atoms with Crippen LogP contribution in [-0.2, 0) is 20.7 Å². The van der Waals surface area contributed by atoms with Gasteiger partial charge in [0.1, 0.15) is 30.5 Å². The van der Waals surface area contributed by atoms with Gasteiger partial charge < -0.3 is 30.7 Å². The lowest BCUT2D eigenvalue weighted by Crippen LogP contribution is -2.69. The van der Waals surface area contributed by atoms with Crippen LogP contribution in [0.2, 0.25) is 0 Å². The van der Waals surface area contributed by atoms with Crippen molar-refractivity contribution in [3.63, 3.8) is 0 Å². The van der Waals surface area contributed by atoms with Gasteiger partial charge in [0.05, 0.1) is 6.61 Å². The Balaban J connectivity index is 2.62. The van der Waals surface area contributed by atoms with Gasteiger partial charge in [-0.05, 0) is 12.0 Å². The van der Waals surface area contributed by atoms with E-state index in [4.69, 9.17) is 4.74 Å². The van der Waals surface area contributed by atoms with Crippen LogP contribution in [-0.4, -0.2) is 78.3 Å². The van der Waals surface area contributed by atoms with Crippen molar-refractivity contribution in [2.45, 2.75) is 36.9 Å². The van der Waals surface area contributed by atoms with E-state index in [9.17, 15) is 29.8 Å².